The largest absolute Gasteiger partial charge is 0.383 e. The number of nitrogens with zero attached hydrogens (tertiary/aromatic N) is 1. The van der Waals surface area contributed by atoms with E-state index in [0.717, 1.165) is 14.9 Å². The molecule has 1 unspecified atom stereocenters. The molecule has 0 aliphatic rings. The summed E-state index contributed by atoms with van der Waals surface area (Å²) in [6, 6.07) is 3.75. The van der Waals surface area contributed by atoms with E-state index in [1.807, 2.05) is 24.4 Å². The summed E-state index contributed by atoms with van der Waals surface area (Å²) in [5, 5.41) is 12.2. The number of thiophene rings is 1. The first-order chi connectivity index (χ1) is 7.61. The summed E-state index contributed by atoms with van der Waals surface area (Å²) >= 11 is 4.89. The van der Waals surface area contributed by atoms with E-state index in [2.05, 4.69) is 20.9 Å². The average molecular weight is 299 g/mol. The molecule has 84 valence electrons. The van der Waals surface area contributed by atoms with Gasteiger partial charge in [-0.15, -0.1) is 11.3 Å². The van der Waals surface area contributed by atoms with Gasteiger partial charge in [0.1, 0.15) is 11.9 Å². The van der Waals surface area contributed by atoms with Crippen LogP contribution in [-0.4, -0.2) is 10.1 Å². The van der Waals surface area contributed by atoms with Crippen LogP contribution in [-0.2, 0) is 0 Å². The summed E-state index contributed by atoms with van der Waals surface area (Å²) in [6.07, 6.45) is 0.924. The number of anilines is 1. The number of aliphatic hydroxyl groups excluding tert-OH is 1. The molecular formula is C11H11BrN2OS. The summed E-state index contributed by atoms with van der Waals surface area (Å²) in [5.41, 5.74) is 7.43. The van der Waals surface area contributed by atoms with E-state index in [-0.39, 0.29) is 0 Å². The molecule has 0 aliphatic carbocycles. The topological polar surface area (TPSA) is 59.1 Å². The number of halogens is 1. The fraction of sp³-hybridized carbons (Fsp3) is 0.182. The van der Waals surface area contributed by atoms with Crippen molar-refractivity contribution in [2.45, 2.75) is 13.0 Å². The van der Waals surface area contributed by atoms with Crippen LogP contribution in [0.25, 0.3) is 0 Å². The number of nitrogen functional groups attached to an aromatic ring is 1. The molecule has 3 N–H and O–H groups in total. The van der Waals surface area contributed by atoms with E-state index in [1.54, 1.807) is 6.20 Å². The van der Waals surface area contributed by atoms with Gasteiger partial charge in [0.05, 0.1) is 4.88 Å². The molecule has 0 aromatic carbocycles. The first-order valence-corrected chi connectivity index (χ1v) is 6.40. The first-order valence-electron chi connectivity index (χ1n) is 4.73. The third kappa shape index (κ3) is 1.98. The molecule has 16 heavy (non-hydrogen) atoms. The van der Waals surface area contributed by atoms with Gasteiger partial charge in [-0.3, -0.25) is 0 Å². The highest BCUT2D eigenvalue weighted by Gasteiger charge is 2.19. The zero-order valence-corrected chi connectivity index (χ0v) is 11.0. The van der Waals surface area contributed by atoms with E-state index in [1.165, 1.54) is 11.3 Å². The number of hydrogen-bond acceptors (Lipinski definition) is 4. The number of aromatic nitrogens is 1. The summed E-state index contributed by atoms with van der Waals surface area (Å²) < 4.78 is 0.896. The second-order valence-corrected chi connectivity index (χ2v) is 5.26. The van der Waals surface area contributed by atoms with Crippen LogP contribution in [0.4, 0.5) is 5.82 Å². The van der Waals surface area contributed by atoms with Gasteiger partial charge in [-0.1, -0.05) is 0 Å². The van der Waals surface area contributed by atoms with Crippen molar-refractivity contribution in [3.05, 3.63) is 44.2 Å². The van der Waals surface area contributed by atoms with Crippen LogP contribution >= 0.6 is 27.3 Å². The predicted octanol–water partition coefficient (Wildman–Crippen LogP) is 2.88. The fourth-order valence-electron chi connectivity index (χ4n) is 1.58. The molecule has 0 saturated heterocycles. The molecule has 0 spiro atoms. The lowest BCUT2D eigenvalue weighted by Gasteiger charge is -2.14. The van der Waals surface area contributed by atoms with Crippen molar-refractivity contribution in [2.24, 2.45) is 0 Å². The number of hydrogen-bond donors (Lipinski definition) is 2. The highest BCUT2D eigenvalue weighted by atomic mass is 79.9. The third-order valence-corrected chi connectivity index (χ3v) is 4.33. The summed E-state index contributed by atoms with van der Waals surface area (Å²) in [5.74, 6) is 0.382. The standard InChI is InChI=1S/C11H11BrN2OS/c1-6-2-4-14-11(13)8(6)9(15)10-7(12)3-5-16-10/h2-5,9,15H,1H3,(H2,13,14). The average Bonchev–Trinajstić information content (AvgIpc) is 2.64. The van der Waals surface area contributed by atoms with E-state index < -0.39 is 6.10 Å². The second kappa shape index (κ2) is 4.53. The Bertz CT molecular complexity index is 492. The maximum Gasteiger partial charge on any atom is 0.129 e. The highest BCUT2D eigenvalue weighted by Crippen LogP contribution is 2.35. The van der Waals surface area contributed by atoms with Crippen molar-refractivity contribution in [3.8, 4) is 0 Å². The zero-order valence-electron chi connectivity index (χ0n) is 8.64. The van der Waals surface area contributed by atoms with Gasteiger partial charge in [-0.2, -0.15) is 0 Å². The Labute approximate surface area is 106 Å². The van der Waals surface area contributed by atoms with Crippen molar-refractivity contribution >= 4 is 33.1 Å². The number of pyridine rings is 1. The molecule has 0 amide bonds. The van der Waals surface area contributed by atoms with Gasteiger partial charge >= 0.3 is 0 Å². The Morgan fingerprint density at radius 3 is 2.81 bits per heavy atom. The molecule has 0 bridgehead atoms. The minimum absolute atomic E-state index is 0.382. The van der Waals surface area contributed by atoms with Crippen molar-refractivity contribution in [3.63, 3.8) is 0 Å². The summed E-state index contributed by atoms with van der Waals surface area (Å²) in [7, 11) is 0. The smallest absolute Gasteiger partial charge is 0.129 e. The van der Waals surface area contributed by atoms with Gasteiger partial charge in [0.15, 0.2) is 0 Å². The number of aryl methyl sites for hydroxylation is 1. The van der Waals surface area contributed by atoms with Crippen molar-refractivity contribution in [2.75, 3.05) is 5.73 Å². The Hall–Kier alpha value is -0.910. The van der Waals surface area contributed by atoms with E-state index in [0.29, 0.717) is 11.4 Å². The highest BCUT2D eigenvalue weighted by molar-refractivity contribution is 9.10. The van der Waals surface area contributed by atoms with Crippen molar-refractivity contribution in [1.29, 1.82) is 0 Å². The third-order valence-electron chi connectivity index (χ3n) is 2.41. The lowest BCUT2D eigenvalue weighted by Crippen LogP contribution is -2.06. The molecule has 3 nitrogen and oxygen atoms in total. The number of rotatable bonds is 2. The SMILES string of the molecule is Cc1ccnc(N)c1C(O)c1sccc1Br. The van der Waals surface area contributed by atoms with Crippen LogP contribution in [0.15, 0.2) is 28.2 Å². The van der Waals surface area contributed by atoms with Gasteiger partial charge in [0.2, 0.25) is 0 Å². The lowest BCUT2D eigenvalue weighted by atomic mass is 10.0. The maximum atomic E-state index is 10.3. The number of nitrogens with two attached hydrogens (primary N) is 1. The minimum atomic E-state index is -0.719. The Morgan fingerprint density at radius 2 is 2.25 bits per heavy atom. The maximum absolute atomic E-state index is 10.3. The van der Waals surface area contributed by atoms with E-state index in [4.69, 9.17) is 5.73 Å². The monoisotopic (exact) mass is 298 g/mol. The Morgan fingerprint density at radius 1 is 1.50 bits per heavy atom. The van der Waals surface area contributed by atoms with Crippen LogP contribution in [0.2, 0.25) is 0 Å². The molecule has 2 aromatic rings. The van der Waals surface area contributed by atoms with Gasteiger partial charge in [0.25, 0.3) is 0 Å². The number of aliphatic hydroxyl groups is 1. The molecule has 5 heteroatoms. The fourth-order valence-corrected chi connectivity index (χ4v) is 3.16. The molecule has 0 radical (unpaired) electrons. The summed E-state index contributed by atoms with van der Waals surface area (Å²) in [6.45, 7) is 1.91. The van der Waals surface area contributed by atoms with E-state index in [9.17, 15) is 5.11 Å². The van der Waals surface area contributed by atoms with Crippen molar-refractivity contribution < 1.29 is 5.11 Å². The molecular weight excluding hydrogens is 288 g/mol. The molecule has 1 atom stereocenters. The first kappa shape index (κ1) is 11.6. The van der Waals surface area contributed by atoms with Crippen LogP contribution in [0.3, 0.4) is 0 Å². The van der Waals surface area contributed by atoms with Gasteiger partial charge in [0, 0.05) is 16.2 Å². The van der Waals surface area contributed by atoms with Crippen LogP contribution < -0.4 is 5.73 Å². The minimum Gasteiger partial charge on any atom is -0.383 e. The lowest BCUT2D eigenvalue weighted by molar-refractivity contribution is 0.223. The van der Waals surface area contributed by atoms with E-state index >= 15 is 0 Å². The molecule has 2 rings (SSSR count). The zero-order chi connectivity index (χ0) is 11.7. The summed E-state index contributed by atoms with van der Waals surface area (Å²) in [4.78, 5) is 4.86. The van der Waals surface area contributed by atoms with Crippen molar-refractivity contribution in [1.82, 2.24) is 4.98 Å². The molecule has 0 saturated carbocycles. The Balaban J connectivity index is 2.49. The predicted molar refractivity (Wildman–Crippen MR) is 69.5 cm³/mol. The van der Waals surface area contributed by atoms with Gasteiger partial charge in [-0.05, 0) is 45.9 Å². The molecule has 0 fully saturated rings. The second-order valence-electron chi connectivity index (χ2n) is 3.46. The molecule has 2 heterocycles. The van der Waals surface area contributed by atoms with Crippen LogP contribution in [0.5, 0.6) is 0 Å². The quantitative estimate of drug-likeness (QED) is 0.896. The molecule has 2 aromatic heterocycles. The van der Waals surface area contributed by atoms with Crippen LogP contribution in [0.1, 0.15) is 22.1 Å². The van der Waals surface area contributed by atoms with Gasteiger partial charge in [-0.25, -0.2) is 4.98 Å². The van der Waals surface area contributed by atoms with Crippen LogP contribution in [0, 0.1) is 6.92 Å². The molecule has 0 aliphatic heterocycles. The normalized spacial score (nSPS) is 12.7. The van der Waals surface area contributed by atoms with Gasteiger partial charge < -0.3 is 10.8 Å². The Kier molecular flexibility index (Phi) is 3.28.